The summed E-state index contributed by atoms with van der Waals surface area (Å²) in [5, 5.41) is 17.8. The Kier molecular flexibility index (Phi) is 10.0. The first-order chi connectivity index (χ1) is 13.8. The van der Waals surface area contributed by atoms with Crippen LogP contribution in [0.2, 0.25) is 0 Å². The van der Waals surface area contributed by atoms with Crippen LogP contribution in [0.3, 0.4) is 0 Å². The van der Waals surface area contributed by atoms with Crippen LogP contribution in [0.1, 0.15) is 48.2 Å². The van der Waals surface area contributed by atoms with E-state index in [4.69, 9.17) is 24.4 Å². The van der Waals surface area contributed by atoms with E-state index in [1.807, 2.05) is 6.92 Å². The molecule has 0 bridgehead atoms. The molecule has 0 aliphatic rings. The van der Waals surface area contributed by atoms with Crippen molar-refractivity contribution < 1.29 is 29.2 Å². The van der Waals surface area contributed by atoms with E-state index in [-0.39, 0.29) is 18.1 Å². The van der Waals surface area contributed by atoms with Gasteiger partial charge in [0, 0.05) is 12.5 Å². The molecule has 0 saturated carbocycles. The summed E-state index contributed by atoms with van der Waals surface area (Å²) in [5.41, 5.74) is 2.69. The van der Waals surface area contributed by atoms with Crippen molar-refractivity contribution in [2.24, 2.45) is 5.92 Å². The van der Waals surface area contributed by atoms with E-state index >= 15 is 0 Å². The highest BCUT2D eigenvalue weighted by Gasteiger charge is 2.15. The van der Waals surface area contributed by atoms with E-state index in [1.165, 1.54) is 44.6 Å². The highest BCUT2D eigenvalue weighted by molar-refractivity contribution is 5.89. The number of methoxy groups -OCH3 is 3. The number of carbonyl (C=O) groups is 1. The Hall–Kier alpha value is -2.73. The van der Waals surface area contributed by atoms with Gasteiger partial charge in [0.2, 0.25) is 5.75 Å². The quantitative estimate of drug-likeness (QED) is 0.679. The number of ether oxygens (including phenoxy) is 3. The lowest BCUT2D eigenvalue weighted by atomic mass is 9.97. The average molecular weight is 405 g/mol. The van der Waals surface area contributed by atoms with E-state index in [0.717, 1.165) is 6.42 Å². The topological polar surface area (TPSA) is 85.2 Å². The SMILES string of the molecule is CC(C)Cc1ccc(C(C)CO)cc1.COc1cc(C(=O)O)cc(OC)c1OC. The van der Waals surface area contributed by atoms with Gasteiger partial charge in [-0.05, 0) is 35.6 Å². The molecule has 0 heterocycles. The van der Waals surface area contributed by atoms with E-state index in [1.54, 1.807) is 0 Å². The molecule has 0 saturated heterocycles. The number of aliphatic hydroxyl groups excluding tert-OH is 1. The molecule has 0 radical (unpaired) electrons. The first kappa shape index (κ1) is 24.3. The maximum atomic E-state index is 10.8. The van der Waals surface area contributed by atoms with Crippen molar-refractivity contribution in [3.63, 3.8) is 0 Å². The van der Waals surface area contributed by atoms with Gasteiger partial charge in [0.05, 0.1) is 26.9 Å². The zero-order valence-electron chi connectivity index (χ0n) is 18.1. The Labute approximate surface area is 173 Å². The Morgan fingerprint density at radius 1 is 0.931 bits per heavy atom. The van der Waals surface area contributed by atoms with Gasteiger partial charge in [-0.15, -0.1) is 0 Å². The first-order valence-corrected chi connectivity index (χ1v) is 9.50. The summed E-state index contributed by atoms with van der Waals surface area (Å²) >= 11 is 0. The average Bonchev–Trinajstić information content (AvgIpc) is 2.72. The maximum absolute atomic E-state index is 10.8. The van der Waals surface area contributed by atoms with Crippen molar-refractivity contribution >= 4 is 5.97 Å². The van der Waals surface area contributed by atoms with Crippen LogP contribution in [0, 0.1) is 5.92 Å². The van der Waals surface area contributed by atoms with Crippen LogP contribution in [0.5, 0.6) is 17.2 Å². The van der Waals surface area contributed by atoms with Crippen LogP contribution < -0.4 is 14.2 Å². The fraction of sp³-hybridized carbons (Fsp3) is 0.435. The largest absolute Gasteiger partial charge is 0.493 e. The molecule has 2 aromatic carbocycles. The molecule has 1 atom stereocenters. The third kappa shape index (κ3) is 7.31. The zero-order chi connectivity index (χ0) is 22.0. The first-order valence-electron chi connectivity index (χ1n) is 9.50. The van der Waals surface area contributed by atoms with E-state index in [9.17, 15) is 4.79 Å². The van der Waals surface area contributed by atoms with Gasteiger partial charge in [-0.25, -0.2) is 4.79 Å². The minimum Gasteiger partial charge on any atom is -0.493 e. The van der Waals surface area contributed by atoms with Gasteiger partial charge < -0.3 is 24.4 Å². The molecular weight excluding hydrogens is 372 g/mol. The van der Waals surface area contributed by atoms with Crippen molar-refractivity contribution in [2.45, 2.75) is 33.1 Å². The lowest BCUT2D eigenvalue weighted by Crippen LogP contribution is -2.01. The number of carboxylic acids is 1. The summed E-state index contributed by atoms with van der Waals surface area (Å²) in [5.74, 6) is 0.946. The molecule has 1 unspecified atom stereocenters. The number of rotatable bonds is 8. The van der Waals surface area contributed by atoms with Gasteiger partial charge >= 0.3 is 5.97 Å². The lowest BCUT2D eigenvalue weighted by molar-refractivity contribution is 0.0696. The van der Waals surface area contributed by atoms with Gasteiger partial charge in [-0.1, -0.05) is 45.0 Å². The van der Waals surface area contributed by atoms with Crippen LogP contribution in [0.15, 0.2) is 36.4 Å². The third-order valence-electron chi connectivity index (χ3n) is 4.38. The van der Waals surface area contributed by atoms with Crippen LogP contribution in [0.25, 0.3) is 0 Å². The molecule has 29 heavy (non-hydrogen) atoms. The van der Waals surface area contributed by atoms with E-state index < -0.39 is 5.97 Å². The molecule has 6 nitrogen and oxygen atoms in total. The molecule has 0 amide bonds. The van der Waals surface area contributed by atoms with Gasteiger partial charge in [0.15, 0.2) is 11.5 Å². The summed E-state index contributed by atoms with van der Waals surface area (Å²) in [4.78, 5) is 10.8. The highest BCUT2D eigenvalue weighted by Crippen LogP contribution is 2.38. The minimum absolute atomic E-state index is 0.0875. The van der Waals surface area contributed by atoms with E-state index in [0.29, 0.717) is 23.2 Å². The normalized spacial score (nSPS) is 11.3. The predicted octanol–water partition coefficient (Wildman–Crippen LogP) is 4.39. The Balaban J connectivity index is 0.000000291. The lowest BCUT2D eigenvalue weighted by Gasteiger charge is -2.12. The zero-order valence-corrected chi connectivity index (χ0v) is 18.1. The summed E-state index contributed by atoms with van der Waals surface area (Å²) < 4.78 is 15.1. The number of hydrogen-bond donors (Lipinski definition) is 2. The van der Waals surface area contributed by atoms with Crippen LogP contribution in [-0.2, 0) is 6.42 Å². The second-order valence-corrected chi connectivity index (χ2v) is 7.14. The molecule has 0 aliphatic carbocycles. The monoisotopic (exact) mass is 404 g/mol. The smallest absolute Gasteiger partial charge is 0.335 e. The standard InChI is InChI=1S/C13H20O.C10H12O5/c1-10(2)8-12-4-6-13(7-5-12)11(3)9-14;1-13-7-4-6(10(11)12)5-8(14-2)9(7)15-3/h4-7,10-11,14H,8-9H2,1-3H3;4-5H,1-3H3,(H,11,12). The van der Waals surface area contributed by atoms with Crippen LogP contribution >= 0.6 is 0 Å². The van der Waals surface area contributed by atoms with Gasteiger partial charge in [-0.2, -0.15) is 0 Å². The fourth-order valence-corrected chi connectivity index (χ4v) is 2.76. The number of benzene rings is 2. The van der Waals surface area contributed by atoms with Gasteiger partial charge in [0.25, 0.3) is 0 Å². The highest BCUT2D eigenvalue weighted by atomic mass is 16.5. The molecule has 0 aromatic heterocycles. The van der Waals surface area contributed by atoms with E-state index in [2.05, 4.69) is 38.1 Å². The Bertz CT molecular complexity index is 742. The van der Waals surface area contributed by atoms with Crippen molar-refractivity contribution in [1.82, 2.24) is 0 Å². The van der Waals surface area contributed by atoms with Gasteiger partial charge in [0.1, 0.15) is 0 Å². The molecule has 0 fully saturated rings. The summed E-state index contributed by atoms with van der Waals surface area (Å²) in [6.45, 7) is 6.72. The van der Waals surface area contributed by atoms with Crippen molar-refractivity contribution in [2.75, 3.05) is 27.9 Å². The Morgan fingerprint density at radius 2 is 1.45 bits per heavy atom. The second-order valence-electron chi connectivity index (χ2n) is 7.14. The molecule has 160 valence electrons. The van der Waals surface area contributed by atoms with Crippen molar-refractivity contribution in [1.29, 1.82) is 0 Å². The predicted molar refractivity (Wildman–Crippen MR) is 114 cm³/mol. The fourth-order valence-electron chi connectivity index (χ4n) is 2.76. The number of carboxylic acid groups (broad SMARTS) is 1. The van der Waals surface area contributed by atoms with Crippen molar-refractivity contribution in [3.8, 4) is 17.2 Å². The summed E-state index contributed by atoms with van der Waals surface area (Å²) in [7, 11) is 4.33. The molecular formula is C23H32O6. The summed E-state index contributed by atoms with van der Waals surface area (Å²) in [6, 6.07) is 11.3. The molecule has 6 heteroatoms. The number of aliphatic hydroxyl groups is 1. The molecule has 2 rings (SSSR count). The number of hydrogen-bond acceptors (Lipinski definition) is 5. The van der Waals surface area contributed by atoms with Crippen LogP contribution in [-0.4, -0.2) is 44.1 Å². The maximum Gasteiger partial charge on any atom is 0.335 e. The molecule has 2 aromatic rings. The second kappa shape index (κ2) is 12.0. The number of aromatic carboxylic acids is 1. The Morgan fingerprint density at radius 3 is 1.79 bits per heavy atom. The van der Waals surface area contributed by atoms with Crippen LogP contribution in [0.4, 0.5) is 0 Å². The third-order valence-corrected chi connectivity index (χ3v) is 4.38. The van der Waals surface area contributed by atoms with Gasteiger partial charge in [-0.3, -0.25) is 0 Å². The molecule has 0 spiro atoms. The summed E-state index contributed by atoms with van der Waals surface area (Å²) in [6.07, 6.45) is 1.13. The molecule has 2 N–H and O–H groups in total. The molecule has 0 aliphatic heterocycles. The van der Waals surface area contributed by atoms with Crippen molar-refractivity contribution in [3.05, 3.63) is 53.1 Å². The minimum atomic E-state index is -1.05.